The summed E-state index contributed by atoms with van der Waals surface area (Å²) >= 11 is 0. The molecule has 0 saturated carbocycles. The van der Waals surface area contributed by atoms with Gasteiger partial charge < -0.3 is 19.1 Å². The summed E-state index contributed by atoms with van der Waals surface area (Å²) in [5.41, 5.74) is 0. The van der Waals surface area contributed by atoms with Crippen molar-refractivity contribution in [2.75, 3.05) is 40.5 Å². The van der Waals surface area contributed by atoms with E-state index in [0.717, 1.165) is 19.4 Å². The molecule has 6 nitrogen and oxygen atoms in total. The first-order valence-corrected chi connectivity index (χ1v) is 6.12. The normalized spacial score (nSPS) is 18.7. The van der Waals surface area contributed by atoms with Crippen molar-refractivity contribution in [3.05, 3.63) is 0 Å². The lowest BCUT2D eigenvalue weighted by Crippen LogP contribution is -2.40. The highest BCUT2D eigenvalue weighted by Crippen LogP contribution is 2.13. The maximum atomic E-state index is 11.8. The van der Waals surface area contributed by atoms with Crippen molar-refractivity contribution in [3.63, 3.8) is 0 Å². The summed E-state index contributed by atoms with van der Waals surface area (Å²) in [5, 5.41) is 0. The quantitative estimate of drug-likeness (QED) is 0.611. The first-order chi connectivity index (χ1) is 8.67. The highest BCUT2D eigenvalue weighted by Gasteiger charge is 2.22. The highest BCUT2D eigenvalue weighted by molar-refractivity contribution is 5.78. The standard InChI is InChI=1S/C12H21NO5/c1-16-9-11(14)13(6-5-12(15)17-2)8-10-4-3-7-18-10/h10H,3-9H2,1-2H3/t10-/m1/s1. The van der Waals surface area contributed by atoms with Crippen molar-refractivity contribution in [3.8, 4) is 0 Å². The van der Waals surface area contributed by atoms with Gasteiger partial charge in [-0.2, -0.15) is 0 Å². The minimum Gasteiger partial charge on any atom is -0.469 e. The molecule has 0 radical (unpaired) electrons. The second-order valence-corrected chi connectivity index (χ2v) is 4.23. The Labute approximate surface area is 107 Å². The van der Waals surface area contributed by atoms with Crippen LogP contribution >= 0.6 is 0 Å². The van der Waals surface area contributed by atoms with E-state index in [-0.39, 0.29) is 31.0 Å². The summed E-state index contributed by atoms with van der Waals surface area (Å²) in [5.74, 6) is -0.450. The summed E-state index contributed by atoms with van der Waals surface area (Å²) < 4.78 is 14.9. The molecule has 0 N–H and O–H groups in total. The van der Waals surface area contributed by atoms with Crippen LogP contribution < -0.4 is 0 Å². The summed E-state index contributed by atoms with van der Waals surface area (Å²) in [6.45, 7) is 1.62. The van der Waals surface area contributed by atoms with Gasteiger partial charge >= 0.3 is 5.97 Å². The fourth-order valence-electron chi connectivity index (χ4n) is 1.90. The number of hydrogen-bond acceptors (Lipinski definition) is 5. The van der Waals surface area contributed by atoms with Crippen LogP contribution in [0.4, 0.5) is 0 Å². The number of ether oxygens (including phenoxy) is 3. The van der Waals surface area contributed by atoms with Gasteiger partial charge in [0.15, 0.2) is 0 Å². The van der Waals surface area contributed by atoms with Crippen molar-refractivity contribution in [2.45, 2.75) is 25.4 Å². The molecule has 0 aromatic rings. The molecule has 1 fully saturated rings. The van der Waals surface area contributed by atoms with Crippen molar-refractivity contribution in [2.24, 2.45) is 0 Å². The van der Waals surface area contributed by atoms with E-state index in [1.165, 1.54) is 14.2 Å². The molecule has 0 aliphatic carbocycles. The third-order valence-electron chi connectivity index (χ3n) is 2.88. The molecule has 0 unspecified atom stereocenters. The predicted octanol–water partition coefficient (Wildman–Crippen LogP) is 0.204. The van der Waals surface area contributed by atoms with Gasteiger partial charge in [0.1, 0.15) is 6.61 Å². The predicted molar refractivity (Wildman–Crippen MR) is 64.1 cm³/mol. The number of carbonyl (C=O) groups is 2. The summed E-state index contributed by atoms with van der Waals surface area (Å²) in [4.78, 5) is 24.5. The molecule has 1 saturated heterocycles. The van der Waals surface area contributed by atoms with Crippen LogP contribution in [0.1, 0.15) is 19.3 Å². The van der Waals surface area contributed by atoms with Crippen LogP contribution in [0.5, 0.6) is 0 Å². The molecule has 1 heterocycles. The van der Waals surface area contributed by atoms with Gasteiger partial charge in [0, 0.05) is 26.8 Å². The molecule has 104 valence electrons. The van der Waals surface area contributed by atoms with Crippen LogP contribution in [-0.2, 0) is 23.8 Å². The van der Waals surface area contributed by atoms with Crippen molar-refractivity contribution >= 4 is 11.9 Å². The molecule has 6 heteroatoms. The molecule has 1 aliphatic rings. The molecule has 0 spiro atoms. The number of carbonyl (C=O) groups excluding carboxylic acids is 2. The van der Waals surface area contributed by atoms with Gasteiger partial charge in [0.2, 0.25) is 5.91 Å². The topological polar surface area (TPSA) is 65.1 Å². The second kappa shape index (κ2) is 8.05. The molecule has 0 aromatic carbocycles. The fourth-order valence-corrected chi connectivity index (χ4v) is 1.90. The monoisotopic (exact) mass is 259 g/mol. The highest BCUT2D eigenvalue weighted by atomic mass is 16.5. The van der Waals surface area contributed by atoms with Gasteiger partial charge in [-0.3, -0.25) is 9.59 Å². The molecule has 18 heavy (non-hydrogen) atoms. The van der Waals surface area contributed by atoms with Gasteiger partial charge in [-0.1, -0.05) is 0 Å². The zero-order valence-electron chi connectivity index (χ0n) is 11.0. The minimum atomic E-state index is -0.322. The van der Waals surface area contributed by atoms with E-state index in [9.17, 15) is 9.59 Å². The summed E-state index contributed by atoms with van der Waals surface area (Å²) in [7, 11) is 2.81. The lowest BCUT2D eigenvalue weighted by atomic mass is 10.2. The first kappa shape index (κ1) is 14.9. The van der Waals surface area contributed by atoms with Crippen molar-refractivity contribution in [1.29, 1.82) is 0 Å². The zero-order valence-corrected chi connectivity index (χ0v) is 11.0. The van der Waals surface area contributed by atoms with Crippen molar-refractivity contribution in [1.82, 2.24) is 4.90 Å². The minimum absolute atomic E-state index is 0.0217. The fraction of sp³-hybridized carbons (Fsp3) is 0.833. The Kier molecular flexibility index (Phi) is 6.67. The molecule has 0 aromatic heterocycles. The van der Waals surface area contributed by atoms with E-state index < -0.39 is 0 Å². The van der Waals surface area contributed by atoms with Crippen LogP contribution in [0.15, 0.2) is 0 Å². The largest absolute Gasteiger partial charge is 0.469 e. The smallest absolute Gasteiger partial charge is 0.307 e. The third kappa shape index (κ3) is 5.01. The SMILES string of the molecule is COCC(=O)N(CCC(=O)OC)C[C@H]1CCCO1. The van der Waals surface area contributed by atoms with Gasteiger partial charge in [-0.05, 0) is 12.8 Å². The van der Waals surface area contributed by atoms with Gasteiger partial charge in [-0.25, -0.2) is 0 Å². The molecule has 1 aliphatic heterocycles. The molecular formula is C12H21NO5. The number of amides is 1. The Morgan fingerprint density at radius 1 is 1.39 bits per heavy atom. The van der Waals surface area contributed by atoms with E-state index in [2.05, 4.69) is 4.74 Å². The Morgan fingerprint density at radius 3 is 2.72 bits per heavy atom. The first-order valence-electron chi connectivity index (χ1n) is 6.12. The van der Waals surface area contributed by atoms with E-state index in [1.54, 1.807) is 4.90 Å². The van der Waals surface area contributed by atoms with E-state index >= 15 is 0 Å². The second-order valence-electron chi connectivity index (χ2n) is 4.23. The number of esters is 1. The average molecular weight is 259 g/mol. The summed E-state index contributed by atoms with van der Waals surface area (Å²) in [6, 6.07) is 0. The molecule has 1 amide bonds. The molecule has 1 rings (SSSR count). The van der Waals surface area contributed by atoms with Crippen LogP contribution in [-0.4, -0.2) is 63.4 Å². The van der Waals surface area contributed by atoms with E-state index in [1.807, 2.05) is 0 Å². The van der Waals surface area contributed by atoms with Gasteiger partial charge in [-0.15, -0.1) is 0 Å². The third-order valence-corrected chi connectivity index (χ3v) is 2.88. The zero-order chi connectivity index (χ0) is 13.4. The van der Waals surface area contributed by atoms with Crippen LogP contribution in [0, 0.1) is 0 Å². The molecular weight excluding hydrogens is 238 g/mol. The average Bonchev–Trinajstić information content (AvgIpc) is 2.87. The van der Waals surface area contributed by atoms with Gasteiger partial charge in [0.25, 0.3) is 0 Å². The Morgan fingerprint density at radius 2 is 2.17 bits per heavy atom. The Balaban J connectivity index is 2.44. The Hall–Kier alpha value is -1.14. The molecule has 0 bridgehead atoms. The number of rotatable bonds is 7. The Bertz CT molecular complexity index is 276. The van der Waals surface area contributed by atoms with Gasteiger partial charge in [0.05, 0.1) is 19.6 Å². The van der Waals surface area contributed by atoms with Crippen molar-refractivity contribution < 1.29 is 23.8 Å². The summed E-state index contributed by atoms with van der Waals surface area (Å²) in [6.07, 6.45) is 2.24. The number of nitrogens with zero attached hydrogens (tertiary/aromatic N) is 1. The maximum absolute atomic E-state index is 11.8. The lowest BCUT2D eigenvalue weighted by Gasteiger charge is -2.24. The van der Waals surface area contributed by atoms with Crippen LogP contribution in [0.25, 0.3) is 0 Å². The number of hydrogen-bond donors (Lipinski definition) is 0. The maximum Gasteiger partial charge on any atom is 0.307 e. The van der Waals surface area contributed by atoms with E-state index in [4.69, 9.17) is 9.47 Å². The molecule has 1 atom stereocenters. The number of methoxy groups -OCH3 is 2. The lowest BCUT2D eigenvalue weighted by molar-refractivity contribution is -0.143. The van der Waals surface area contributed by atoms with Crippen LogP contribution in [0.3, 0.4) is 0 Å². The van der Waals surface area contributed by atoms with Crippen LogP contribution in [0.2, 0.25) is 0 Å². The van der Waals surface area contributed by atoms with E-state index in [0.29, 0.717) is 13.1 Å².